The van der Waals surface area contributed by atoms with Gasteiger partial charge in [0.1, 0.15) is 12.4 Å². The number of benzene rings is 2. The van der Waals surface area contributed by atoms with Crippen LogP contribution in [0.5, 0.6) is 5.75 Å². The molecule has 3 N–H and O–H groups in total. The molecule has 1 saturated heterocycles. The average molecular weight is 516 g/mol. The zero-order chi connectivity index (χ0) is 25.2. The number of aliphatic hydroxyl groups is 1. The van der Waals surface area contributed by atoms with Gasteiger partial charge in [-0.1, -0.05) is 35.5 Å². The highest BCUT2D eigenvalue weighted by Gasteiger charge is 2.36. The van der Waals surface area contributed by atoms with Gasteiger partial charge in [0.15, 0.2) is 0 Å². The summed E-state index contributed by atoms with van der Waals surface area (Å²) < 4.78 is 5.98. The van der Waals surface area contributed by atoms with Gasteiger partial charge in [-0.3, -0.25) is 30.2 Å². The van der Waals surface area contributed by atoms with Crippen LogP contribution in [0.3, 0.4) is 0 Å². The third-order valence-electron chi connectivity index (χ3n) is 5.37. The van der Waals surface area contributed by atoms with Crippen LogP contribution < -0.4 is 10.2 Å². The van der Waals surface area contributed by atoms with Gasteiger partial charge in [-0.2, -0.15) is 0 Å². The zero-order valence-electron chi connectivity index (χ0n) is 19.1. The van der Waals surface area contributed by atoms with Crippen LogP contribution in [0.1, 0.15) is 12.0 Å². The second-order valence-electron chi connectivity index (χ2n) is 7.51. The highest BCUT2D eigenvalue weighted by atomic mass is 35.5. The fourth-order valence-corrected chi connectivity index (χ4v) is 4.63. The molecule has 3 aromatic rings. The van der Waals surface area contributed by atoms with Gasteiger partial charge in [-0.25, -0.2) is 0 Å². The lowest BCUT2D eigenvalue weighted by atomic mass is 10.0. The molecular weight excluding hydrogens is 490 g/mol. The number of ether oxygens (including phenoxy) is 1. The fourth-order valence-electron chi connectivity index (χ4n) is 3.63. The number of halogens is 1. The van der Waals surface area contributed by atoms with Crippen molar-refractivity contribution in [1.82, 2.24) is 9.88 Å². The first-order valence-electron chi connectivity index (χ1n) is 10.8. The number of aromatic nitrogens is 1. The van der Waals surface area contributed by atoms with E-state index in [-0.39, 0.29) is 29.5 Å². The molecule has 35 heavy (non-hydrogen) atoms. The smallest absolute Gasteiger partial charge is 0.289 e. The molecule has 1 aliphatic rings. The topological polar surface area (TPSA) is 112 Å². The van der Waals surface area contributed by atoms with Crippen LogP contribution in [0.4, 0.5) is 10.5 Å². The minimum absolute atomic E-state index is 0.168. The van der Waals surface area contributed by atoms with Crippen molar-refractivity contribution in [1.29, 1.82) is 0 Å². The Bertz CT molecular complexity index is 1120. The van der Waals surface area contributed by atoms with Crippen molar-refractivity contribution >= 4 is 40.2 Å². The van der Waals surface area contributed by atoms with E-state index in [9.17, 15) is 9.59 Å². The molecule has 1 fully saturated rings. The van der Waals surface area contributed by atoms with Crippen LogP contribution in [-0.4, -0.2) is 56.9 Å². The van der Waals surface area contributed by atoms with Crippen molar-refractivity contribution in [2.45, 2.75) is 18.9 Å². The molecular formula is C25H26ClN3O5S. The molecule has 1 unspecified atom stereocenters. The van der Waals surface area contributed by atoms with Gasteiger partial charge in [-0.15, -0.1) is 0 Å². The number of anilines is 1. The highest BCUT2D eigenvalue weighted by Crippen LogP contribution is 2.32. The largest absolute Gasteiger partial charge is 0.491 e. The number of imide groups is 1. The van der Waals surface area contributed by atoms with Crippen LogP contribution in [0.2, 0.25) is 5.02 Å². The lowest BCUT2D eigenvalue weighted by Crippen LogP contribution is -2.43. The summed E-state index contributed by atoms with van der Waals surface area (Å²) in [5.74, 6) is 0.601. The average Bonchev–Trinajstić information content (AvgIpc) is 3.24. The van der Waals surface area contributed by atoms with Gasteiger partial charge in [0.05, 0.1) is 17.5 Å². The van der Waals surface area contributed by atoms with E-state index in [0.29, 0.717) is 29.3 Å². The lowest BCUT2D eigenvalue weighted by Gasteiger charge is -2.25. The summed E-state index contributed by atoms with van der Waals surface area (Å²) in [5, 5.41) is 16.5. The molecule has 2 amide bonds. The molecule has 1 aromatic heterocycles. The number of rotatable bonds is 9. The molecule has 0 bridgehead atoms. The van der Waals surface area contributed by atoms with Gasteiger partial charge in [0.25, 0.3) is 5.24 Å². The van der Waals surface area contributed by atoms with E-state index in [1.165, 1.54) is 4.90 Å². The quantitative estimate of drug-likeness (QED) is 0.345. The van der Waals surface area contributed by atoms with Crippen molar-refractivity contribution < 1.29 is 24.6 Å². The van der Waals surface area contributed by atoms with Gasteiger partial charge in [0, 0.05) is 30.1 Å². The Hall–Kier alpha value is -3.11. The second kappa shape index (κ2) is 13.1. The molecule has 10 heteroatoms. The number of hydrogen-bond donors (Lipinski definition) is 3. The molecule has 0 aliphatic carbocycles. The van der Waals surface area contributed by atoms with Crippen LogP contribution in [-0.2, 0) is 11.2 Å². The SMILES string of the molecule is CO.O=C1CSC(=O)N1C(CCc1ccncc1)COc1ccc(-c2cc(NO)ccc2Cl)cc1. The number of hydrogen-bond acceptors (Lipinski definition) is 8. The summed E-state index contributed by atoms with van der Waals surface area (Å²) in [5.41, 5.74) is 5.36. The van der Waals surface area contributed by atoms with Gasteiger partial charge >= 0.3 is 0 Å². The first-order chi connectivity index (χ1) is 17.0. The minimum atomic E-state index is -0.366. The first-order valence-corrected chi connectivity index (χ1v) is 12.2. The molecule has 4 rings (SSSR count). The Morgan fingerprint density at radius 1 is 1.11 bits per heavy atom. The molecule has 1 atom stereocenters. The van der Waals surface area contributed by atoms with Crippen molar-refractivity contribution in [3.05, 3.63) is 77.6 Å². The number of pyridine rings is 1. The number of thioether (sulfide) groups is 1. The maximum atomic E-state index is 12.3. The Kier molecular flexibility index (Phi) is 9.92. The van der Waals surface area contributed by atoms with E-state index in [4.69, 9.17) is 26.7 Å². The Morgan fingerprint density at radius 2 is 1.83 bits per heavy atom. The van der Waals surface area contributed by atoms with Crippen LogP contribution in [0.25, 0.3) is 11.1 Å². The number of nitrogens with zero attached hydrogens (tertiary/aromatic N) is 2. The third kappa shape index (κ3) is 6.95. The van der Waals surface area contributed by atoms with Gasteiger partial charge < -0.3 is 9.84 Å². The van der Waals surface area contributed by atoms with E-state index < -0.39 is 0 Å². The van der Waals surface area contributed by atoms with Crippen molar-refractivity contribution in [2.75, 3.05) is 24.9 Å². The van der Waals surface area contributed by atoms with Crippen molar-refractivity contribution in [2.24, 2.45) is 0 Å². The van der Waals surface area contributed by atoms with Crippen molar-refractivity contribution in [3.8, 4) is 16.9 Å². The summed E-state index contributed by atoms with van der Waals surface area (Å²) in [4.78, 5) is 30.0. The Balaban J connectivity index is 0.00000167. The number of carbonyl (C=O) groups excluding carboxylic acids is 2. The van der Waals surface area contributed by atoms with Crippen molar-refractivity contribution in [3.63, 3.8) is 0 Å². The lowest BCUT2D eigenvalue weighted by molar-refractivity contribution is -0.126. The second-order valence-corrected chi connectivity index (χ2v) is 8.84. The van der Waals surface area contributed by atoms with E-state index in [0.717, 1.165) is 35.6 Å². The number of carbonyl (C=O) groups is 2. The fraction of sp³-hybridized carbons (Fsp3) is 0.240. The summed E-state index contributed by atoms with van der Waals surface area (Å²) in [6.45, 7) is 0.202. The normalized spacial score (nSPS) is 13.8. The summed E-state index contributed by atoms with van der Waals surface area (Å²) in [7, 11) is 1.00. The summed E-state index contributed by atoms with van der Waals surface area (Å²) in [6, 6.07) is 16.0. The maximum Gasteiger partial charge on any atom is 0.289 e. The predicted molar refractivity (Wildman–Crippen MR) is 137 cm³/mol. The molecule has 0 radical (unpaired) electrons. The summed E-state index contributed by atoms with van der Waals surface area (Å²) in [6.07, 6.45) is 4.74. The van der Waals surface area contributed by atoms with E-state index in [1.54, 1.807) is 30.6 Å². The number of aliphatic hydroxyl groups excluding tert-OH is 1. The third-order valence-corrected chi connectivity index (χ3v) is 6.53. The molecule has 2 heterocycles. The monoisotopic (exact) mass is 515 g/mol. The number of aryl methyl sites for hydroxylation is 1. The molecule has 0 spiro atoms. The summed E-state index contributed by atoms with van der Waals surface area (Å²) >= 11 is 7.33. The first kappa shape index (κ1) is 26.5. The zero-order valence-corrected chi connectivity index (χ0v) is 20.6. The van der Waals surface area contributed by atoms with E-state index >= 15 is 0 Å². The van der Waals surface area contributed by atoms with Crippen LogP contribution >= 0.6 is 23.4 Å². The standard InChI is InChI=1S/C24H22ClN3O4S.CH4O/c25-22-8-4-18(27-31)13-21(22)17-2-6-20(7-3-17)32-14-19(28-23(29)15-33-24(28)30)5-1-16-9-11-26-12-10-16;1-2/h2-4,6-13,19,27,31H,1,5,14-15H2;2H,1H3. The molecule has 184 valence electrons. The number of nitrogens with one attached hydrogen (secondary N) is 1. The van der Waals surface area contributed by atoms with Gasteiger partial charge in [-0.05, 0) is 66.4 Å². The Labute approximate surface area is 212 Å². The number of amides is 2. The molecule has 1 aliphatic heterocycles. The van der Waals surface area contributed by atoms with Gasteiger partial charge in [0.2, 0.25) is 5.91 Å². The predicted octanol–water partition coefficient (Wildman–Crippen LogP) is 4.89. The van der Waals surface area contributed by atoms with E-state index in [2.05, 4.69) is 10.5 Å². The maximum absolute atomic E-state index is 12.3. The highest BCUT2D eigenvalue weighted by molar-refractivity contribution is 8.14. The van der Waals surface area contributed by atoms with E-state index in [1.807, 2.05) is 36.4 Å². The molecule has 8 nitrogen and oxygen atoms in total. The molecule has 0 saturated carbocycles. The van der Waals surface area contributed by atoms with Crippen LogP contribution in [0.15, 0.2) is 67.0 Å². The molecule has 2 aromatic carbocycles. The Morgan fingerprint density at radius 3 is 2.46 bits per heavy atom. The minimum Gasteiger partial charge on any atom is -0.491 e. The van der Waals surface area contributed by atoms with Crippen LogP contribution in [0, 0.1) is 0 Å².